The van der Waals surface area contributed by atoms with Gasteiger partial charge in [-0.1, -0.05) is 46.3 Å². The number of benzene rings is 2. The van der Waals surface area contributed by atoms with Crippen molar-refractivity contribution in [2.24, 2.45) is 0 Å². The molecule has 0 radical (unpaired) electrons. The fourth-order valence-corrected chi connectivity index (χ4v) is 2.27. The lowest BCUT2D eigenvalue weighted by Crippen LogP contribution is -1.80. The molecule has 2 nitrogen and oxygen atoms in total. The van der Waals surface area contributed by atoms with Crippen molar-refractivity contribution in [3.8, 4) is 11.5 Å². The van der Waals surface area contributed by atoms with Gasteiger partial charge in [-0.15, -0.1) is 0 Å². The van der Waals surface area contributed by atoms with E-state index in [1.807, 2.05) is 48.5 Å². The van der Waals surface area contributed by atoms with E-state index in [2.05, 4.69) is 20.9 Å². The zero-order chi connectivity index (χ0) is 11.7. The highest BCUT2D eigenvalue weighted by molar-refractivity contribution is 9.08. The number of hydrogen-bond acceptors (Lipinski definition) is 2. The number of oxazole rings is 1. The van der Waals surface area contributed by atoms with Crippen LogP contribution in [-0.4, -0.2) is 4.98 Å². The van der Waals surface area contributed by atoms with Gasteiger partial charge in [0.05, 0.1) is 0 Å². The maximum Gasteiger partial charge on any atom is 0.227 e. The molecule has 3 aromatic rings. The van der Waals surface area contributed by atoms with Gasteiger partial charge in [-0.2, -0.15) is 0 Å². The van der Waals surface area contributed by atoms with Crippen molar-refractivity contribution in [3.05, 3.63) is 54.1 Å². The van der Waals surface area contributed by atoms with Gasteiger partial charge in [0.15, 0.2) is 5.58 Å². The summed E-state index contributed by atoms with van der Waals surface area (Å²) in [6.07, 6.45) is 0. The van der Waals surface area contributed by atoms with Crippen LogP contribution in [0, 0.1) is 0 Å². The van der Waals surface area contributed by atoms with Crippen LogP contribution in [0.1, 0.15) is 5.56 Å². The molecule has 3 rings (SSSR count). The zero-order valence-electron chi connectivity index (χ0n) is 9.06. The van der Waals surface area contributed by atoms with Crippen molar-refractivity contribution in [2.45, 2.75) is 5.33 Å². The van der Waals surface area contributed by atoms with E-state index in [0.29, 0.717) is 5.89 Å². The molecule has 3 heteroatoms. The minimum absolute atomic E-state index is 0.675. The topological polar surface area (TPSA) is 26.0 Å². The van der Waals surface area contributed by atoms with Gasteiger partial charge in [0.2, 0.25) is 5.89 Å². The predicted molar refractivity (Wildman–Crippen MR) is 72.1 cm³/mol. The van der Waals surface area contributed by atoms with E-state index in [-0.39, 0.29) is 0 Å². The van der Waals surface area contributed by atoms with Gasteiger partial charge in [-0.3, -0.25) is 0 Å². The van der Waals surface area contributed by atoms with Crippen molar-refractivity contribution in [1.29, 1.82) is 0 Å². The minimum atomic E-state index is 0.675. The van der Waals surface area contributed by atoms with Crippen molar-refractivity contribution in [1.82, 2.24) is 4.98 Å². The van der Waals surface area contributed by atoms with Crippen LogP contribution in [-0.2, 0) is 5.33 Å². The van der Waals surface area contributed by atoms with Crippen LogP contribution in [0.4, 0.5) is 0 Å². The molecule has 0 bridgehead atoms. The summed E-state index contributed by atoms with van der Waals surface area (Å²) in [7, 11) is 0. The van der Waals surface area contributed by atoms with Crippen molar-refractivity contribution in [2.75, 3.05) is 0 Å². The molecule has 0 unspecified atom stereocenters. The van der Waals surface area contributed by atoms with E-state index in [0.717, 1.165) is 27.6 Å². The zero-order valence-corrected chi connectivity index (χ0v) is 10.6. The Morgan fingerprint density at radius 3 is 2.59 bits per heavy atom. The molecule has 0 saturated carbocycles. The summed E-state index contributed by atoms with van der Waals surface area (Å²) in [6, 6.07) is 15.9. The minimum Gasteiger partial charge on any atom is -0.436 e. The maximum atomic E-state index is 5.76. The molecule has 0 aliphatic heterocycles. The molecule has 84 valence electrons. The van der Waals surface area contributed by atoms with Gasteiger partial charge in [-0.25, -0.2) is 4.98 Å². The highest BCUT2D eigenvalue weighted by Crippen LogP contribution is 2.26. The molecule has 0 aliphatic rings. The molecule has 2 aromatic carbocycles. The number of hydrogen-bond donors (Lipinski definition) is 0. The SMILES string of the molecule is BrCc1cccc2oc(-c3ccccc3)nc12. The lowest BCUT2D eigenvalue weighted by Gasteiger charge is -1.93. The van der Waals surface area contributed by atoms with Crippen LogP contribution in [0.15, 0.2) is 52.9 Å². The molecule has 0 saturated heterocycles. The Balaban J connectivity index is 2.20. The van der Waals surface area contributed by atoms with E-state index in [1.54, 1.807) is 0 Å². The number of rotatable bonds is 2. The first-order valence-corrected chi connectivity index (χ1v) is 6.50. The molecule has 0 atom stereocenters. The summed E-state index contributed by atoms with van der Waals surface area (Å²) in [5.74, 6) is 0.675. The third-order valence-electron chi connectivity index (χ3n) is 2.67. The largest absolute Gasteiger partial charge is 0.436 e. The maximum absolute atomic E-state index is 5.76. The highest BCUT2D eigenvalue weighted by Gasteiger charge is 2.10. The lowest BCUT2D eigenvalue weighted by molar-refractivity contribution is 0.620. The Hall–Kier alpha value is -1.61. The van der Waals surface area contributed by atoms with E-state index in [1.165, 1.54) is 0 Å². The molecule has 1 aromatic heterocycles. The Kier molecular flexibility index (Phi) is 2.69. The average molecular weight is 288 g/mol. The summed E-state index contributed by atoms with van der Waals surface area (Å²) in [4.78, 5) is 4.56. The summed E-state index contributed by atoms with van der Waals surface area (Å²) >= 11 is 3.46. The van der Waals surface area contributed by atoms with Crippen LogP contribution in [0.5, 0.6) is 0 Å². The lowest BCUT2D eigenvalue weighted by atomic mass is 10.2. The van der Waals surface area contributed by atoms with Crippen LogP contribution in [0.3, 0.4) is 0 Å². The van der Waals surface area contributed by atoms with E-state index < -0.39 is 0 Å². The number of fused-ring (bicyclic) bond motifs is 1. The van der Waals surface area contributed by atoms with E-state index in [4.69, 9.17) is 4.42 Å². The van der Waals surface area contributed by atoms with Gasteiger partial charge in [0, 0.05) is 10.9 Å². The Labute approximate surface area is 107 Å². The summed E-state index contributed by atoms with van der Waals surface area (Å²) in [5, 5.41) is 0.783. The summed E-state index contributed by atoms with van der Waals surface area (Å²) in [6.45, 7) is 0. The van der Waals surface area contributed by atoms with Crippen LogP contribution in [0.2, 0.25) is 0 Å². The predicted octanol–water partition coefficient (Wildman–Crippen LogP) is 4.39. The number of halogens is 1. The molecule has 0 N–H and O–H groups in total. The normalized spacial score (nSPS) is 10.9. The van der Waals surface area contributed by atoms with E-state index >= 15 is 0 Å². The standard InChI is InChI=1S/C14H10BrNO/c15-9-11-7-4-8-12-13(11)16-14(17-12)10-5-2-1-3-6-10/h1-8H,9H2. The first-order chi connectivity index (χ1) is 8.38. The molecule has 0 amide bonds. The van der Waals surface area contributed by atoms with E-state index in [9.17, 15) is 0 Å². The Morgan fingerprint density at radius 1 is 1.00 bits per heavy atom. The molecule has 17 heavy (non-hydrogen) atoms. The summed E-state index contributed by atoms with van der Waals surface area (Å²) in [5.41, 5.74) is 3.92. The second-order valence-corrected chi connectivity index (χ2v) is 4.34. The van der Waals surface area contributed by atoms with Gasteiger partial charge < -0.3 is 4.42 Å². The van der Waals surface area contributed by atoms with Gasteiger partial charge in [-0.05, 0) is 23.8 Å². The molecular formula is C14H10BrNO. The number of para-hydroxylation sites is 1. The van der Waals surface area contributed by atoms with Gasteiger partial charge >= 0.3 is 0 Å². The molecule has 1 heterocycles. The number of aromatic nitrogens is 1. The second kappa shape index (κ2) is 4.34. The second-order valence-electron chi connectivity index (χ2n) is 3.78. The van der Waals surface area contributed by atoms with Gasteiger partial charge in [0.1, 0.15) is 5.52 Å². The fourth-order valence-electron chi connectivity index (χ4n) is 1.82. The van der Waals surface area contributed by atoms with Crippen LogP contribution < -0.4 is 0 Å². The molecule has 0 fully saturated rings. The summed E-state index contributed by atoms with van der Waals surface area (Å²) < 4.78 is 5.76. The first kappa shape index (κ1) is 10.5. The highest BCUT2D eigenvalue weighted by atomic mass is 79.9. The Morgan fingerprint density at radius 2 is 1.82 bits per heavy atom. The smallest absolute Gasteiger partial charge is 0.227 e. The first-order valence-electron chi connectivity index (χ1n) is 5.38. The quantitative estimate of drug-likeness (QED) is 0.654. The van der Waals surface area contributed by atoms with Crippen molar-refractivity contribution >= 4 is 27.0 Å². The third kappa shape index (κ3) is 1.87. The number of alkyl halides is 1. The molecular weight excluding hydrogens is 278 g/mol. The Bertz CT molecular complexity index is 646. The molecule has 0 aliphatic carbocycles. The monoisotopic (exact) mass is 287 g/mol. The van der Waals surface area contributed by atoms with Gasteiger partial charge in [0.25, 0.3) is 0 Å². The average Bonchev–Trinajstić information content (AvgIpc) is 2.83. The number of nitrogens with zero attached hydrogens (tertiary/aromatic N) is 1. The van der Waals surface area contributed by atoms with Crippen LogP contribution >= 0.6 is 15.9 Å². The van der Waals surface area contributed by atoms with Crippen molar-refractivity contribution < 1.29 is 4.42 Å². The van der Waals surface area contributed by atoms with Crippen molar-refractivity contribution in [3.63, 3.8) is 0 Å². The molecule has 0 spiro atoms. The van der Waals surface area contributed by atoms with Crippen LogP contribution in [0.25, 0.3) is 22.6 Å². The fraction of sp³-hybridized carbons (Fsp3) is 0.0714. The third-order valence-corrected chi connectivity index (χ3v) is 3.27.